The second-order valence-corrected chi connectivity index (χ2v) is 18.4. The van der Waals surface area contributed by atoms with Gasteiger partial charge in [-0.1, -0.05) is 116 Å². The van der Waals surface area contributed by atoms with E-state index >= 15 is 0 Å². The summed E-state index contributed by atoms with van der Waals surface area (Å²) in [5, 5.41) is 6.14. The Morgan fingerprint density at radius 3 is 1.43 bits per heavy atom. The molecule has 392 valence electrons. The van der Waals surface area contributed by atoms with Gasteiger partial charge in [-0.25, -0.2) is 0 Å². The fraction of sp³-hybridized carbons (Fsp3) is 0.527. The predicted molar refractivity (Wildman–Crippen MR) is 308 cm³/mol. The standard InChI is InChI=1S/C22H28N2O2.C17H26BNO2.C11H14INO2.5CH4.2ClH.K.H/c1-2-26-22(25)16-23-15-18-8-10-20(11-9-18)21-7-5-6-19(14-21)17-24-12-3-4-13-24;1-16(2)17(3,4)21-18(20-16)15-9-7-8-14(12-15)13-19-10-5-6-11-19;1-2-15-11(14)8-13-7-9-3-5-10(12)6-4-9;;;;;;;;;/h5-11,14,23H,2-4,12-13,15-17H2,1H3;7-9,12H,5-6,10-11,13H2,1-4H3;3-6,13H,2,7-8H2,1H3;5*1H4;2*1H;;/q;;;;;;;;;;+1;-1/i;;;;;;;;;;;1+1. The van der Waals surface area contributed by atoms with Crippen molar-refractivity contribution in [2.45, 2.75) is 142 Å². The van der Waals surface area contributed by atoms with E-state index in [4.69, 9.17) is 18.8 Å². The Hall–Kier alpha value is -1.41. The van der Waals surface area contributed by atoms with Crippen LogP contribution in [-0.4, -0.2) is 92.5 Å². The molecule has 0 spiro atoms. The van der Waals surface area contributed by atoms with Crippen molar-refractivity contribution < 1.29 is 81.2 Å². The van der Waals surface area contributed by atoms with E-state index in [1.807, 2.05) is 31.2 Å². The van der Waals surface area contributed by atoms with Crippen LogP contribution in [0.15, 0.2) is 97.1 Å². The molecule has 3 aliphatic heterocycles. The molecule has 0 aliphatic carbocycles. The number of rotatable bonds is 16. The van der Waals surface area contributed by atoms with Gasteiger partial charge in [-0.3, -0.25) is 19.4 Å². The predicted octanol–water partition coefficient (Wildman–Crippen LogP) is 9.27. The van der Waals surface area contributed by atoms with Gasteiger partial charge in [0.05, 0.1) is 37.5 Å². The first-order chi connectivity index (χ1) is 29.8. The normalized spacial score (nSPS) is 14.9. The summed E-state index contributed by atoms with van der Waals surface area (Å²) in [5.41, 5.74) is 8.12. The van der Waals surface area contributed by atoms with Crippen molar-refractivity contribution in [2.75, 3.05) is 52.5 Å². The summed E-state index contributed by atoms with van der Waals surface area (Å²) < 4.78 is 23.2. The molecule has 4 aromatic rings. The van der Waals surface area contributed by atoms with E-state index < -0.39 is 0 Å². The number of benzene rings is 4. The molecule has 3 fully saturated rings. The number of carbonyl (C=O) groups excluding carboxylic acids is 2. The molecule has 0 radical (unpaired) electrons. The molecule has 3 heterocycles. The van der Waals surface area contributed by atoms with Crippen molar-refractivity contribution in [3.05, 3.63) is 123 Å². The van der Waals surface area contributed by atoms with Gasteiger partial charge in [0.15, 0.2) is 0 Å². The average Bonchev–Trinajstić information content (AvgIpc) is 4.01. The van der Waals surface area contributed by atoms with Gasteiger partial charge >= 0.3 is 70.4 Å². The van der Waals surface area contributed by atoms with Gasteiger partial charge in [-0.2, -0.15) is 0 Å². The molecule has 0 saturated carbocycles. The zero-order chi connectivity index (χ0) is 44.4. The number of hydrogen-bond acceptors (Lipinski definition) is 10. The van der Waals surface area contributed by atoms with Crippen LogP contribution in [0, 0.1) is 3.57 Å². The Bertz CT molecular complexity index is 1980. The van der Waals surface area contributed by atoms with Gasteiger partial charge in [-0.05, 0) is 173 Å². The van der Waals surface area contributed by atoms with E-state index in [1.165, 1.54) is 83.2 Å². The summed E-state index contributed by atoms with van der Waals surface area (Å²) in [4.78, 5) is 27.4. The summed E-state index contributed by atoms with van der Waals surface area (Å²) in [7, 11) is -0.256. The number of nitrogens with zero attached hydrogens (tertiary/aromatic N) is 2. The summed E-state index contributed by atoms with van der Waals surface area (Å²) >= 11 is 2.26. The number of likely N-dealkylation sites (tertiary alicyclic amines) is 2. The maximum Gasteiger partial charge on any atom is 1.00 e. The Balaban J connectivity index is -0.000000297. The van der Waals surface area contributed by atoms with E-state index in [0.717, 1.165) is 24.1 Å². The van der Waals surface area contributed by atoms with Crippen molar-refractivity contribution in [1.82, 2.24) is 20.4 Å². The van der Waals surface area contributed by atoms with Gasteiger partial charge < -0.3 is 30.8 Å². The molecule has 7 rings (SSSR count). The van der Waals surface area contributed by atoms with E-state index in [-0.39, 0.29) is 158 Å². The van der Waals surface area contributed by atoms with Crippen molar-refractivity contribution in [3.63, 3.8) is 0 Å². The fourth-order valence-electron chi connectivity index (χ4n) is 7.52. The molecule has 3 saturated heterocycles. The van der Waals surface area contributed by atoms with Crippen molar-refractivity contribution in [1.29, 1.82) is 0 Å². The molecular formula is C55H91BCl2IKN4O6. The van der Waals surface area contributed by atoms with Crippen LogP contribution < -0.4 is 67.5 Å². The first-order valence-electron chi connectivity index (χ1n) is 22.4. The van der Waals surface area contributed by atoms with E-state index in [0.29, 0.717) is 26.3 Å². The molecule has 3 aliphatic rings. The molecule has 0 atom stereocenters. The van der Waals surface area contributed by atoms with Crippen LogP contribution in [0.2, 0.25) is 0 Å². The zero-order valence-electron chi connectivity index (χ0n) is 40.7. The van der Waals surface area contributed by atoms with Crippen LogP contribution in [0.1, 0.15) is 128 Å². The molecule has 0 unspecified atom stereocenters. The fourth-order valence-corrected chi connectivity index (χ4v) is 7.88. The maximum absolute atomic E-state index is 11.3. The summed E-state index contributed by atoms with van der Waals surface area (Å²) in [6.45, 7) is 21.7. The number of nitrogens with one attached hydrogen (secondary N) is 2. The second-order valence-electron chi connectivity index (χ2n) is 17.1. The third-order valence-corrected chi connectivity index (χ3v) is 12.3. The monoisotopic (exact) mass is 1150 g/mol. The van der Waals surface area contributed by atoms with Crippen molar-refractivity contribution in [3.8, 4) is 11.1 Å². The third-order valence-electron chi connectivity index (χ3n) is 11.6. The first kappa shape index (κ1) is 75.1. The van der Waals surface area contributed by atoms with Crippen molar-refractivity contribution >= 4 is 71.9 Å². The van der Waals surface area contributed by atoms with E-state index in [2.05, 4.69) is 144 Å². The quantitative estimate of drug-likeness (QED) is 0.0642. The molecular weight excluding hydrogens is 1060 g/mol. The van der Waals surface area contributed by atoms with Gasteiger partial charge in [-0.15, -0.1) is 24.8 Å². The number of halogens is 3. The SMILES string of the molecule is C.C.C.C.C.CC1(C)OB(c2cccc(CN3CCCC3)c2)OC1(C)C.CCOC(=O)CNCc1ccc(-c2cccc(CN3CCCC3)c2)cc1.CCOC(=O)CNCc1ccc(I)cc1.Cl.Cl.[2H-].[K+]. The largest absolute Gasteiger partial charge is 1.00 e. The minimum Gasteiger partial charge on any atom is -1.00 e. The Morgan fingerprint density at radius 1 is 0.600 bits per heavy atom. The number of esters is 2. The topological polar surface area (TPSA) is 102 Å². The van der Waals surface area contributed by atoms with E-state index in [9.17, 15) is 9.59 Å². The molecule has 15 heteroatoms. The first-order valence-corrected chi connectivity index (χ1v) is 23.5. The molecule has 70 heavy (non-hydrogen) atoms. The number of ether oxygens (including phenoxy) is 2. The molecule has 0 bridgehead atoms. The molecule has 2 N–H and O–H groups in total. The third kappa shape index (κ3) is 25.7. The van der Waals surface area contributed by atoms with Crippen molar-refractivity contribution in [2.24, 2.45) is 0 Å². The smallest absolute Gasteiger partial charge is 1.00 e. The second kappa shape index (κ2) is 39.1. The minimum atomic E-state index is -0.275. The van der Waals surface area contributed by atoms with Crippen LogP contribution in [0.25, 0.3) is 11.1 Å². The molecule has 0 amide bonds. The van der Waals surface area contributed by atoms with Crippen LogP contribution >= 0.6 is 47.4 Å². The number of hydrogen-bond donors (Lipinski definition) is 2. The average molecular weight is 1150 g/mol. The van der Waals surface area contributed by atoms with E-state index in [1.54, 1.807) is 6.92 Å². The summed E-state index contributed by atoms with van der Waals surface area (Å²) in [6.07, 6.45) is 5.31. The van der Waals surface area contributed by atoms with Gasteiger partial charge in [0.1, 0.15) is 0 Å². The summed E-state index contributed by atoms with van der Waals surface area (Å²) in [5.74, 6) is -0.415. The number of carbonyl (C=O) groups is 2. The maximum atomic E-state index is 11.3. The minimum absolute atomic E-state index is 0. The molecule has 10 nitrogen and oxygen atoms in total. The Kier molecular flexibility index (Phi) is 41.9. The zero-order valence-corrected chi connectivity index (χ0v) is 46.6. The Morgan fingerprint density at radius 2 is 1.00 bits per heavy atom. The van der Waals surface area contributed by atoms with Crippen LogP contribution in [0.3, 0.4) is 0 Å². The van der Waals surface area contributed by atoms with Crippen LogP contribution in [-0.2, 0) is 54.6 Å². The Labute approximate surface area is 496 Å². The van der Waals surface area contributed by atoms with Crippen LogP contribution in [0.4, 0.5) is 0 Å². The van der Waals surface area contributed by atoms with Gasteiger partial charge in [0, 0.05) is 29.7 Å². The molecule has 0 aromatic heterocycles. The van der Waals surface area contributed by atoms with Gasteiger partial charge in [0.2, 0.25) is 0 Å². The van der Waals surface area contributed by atoms with Crippen LogP contribution in [0.5, 0.6) is 0 Å². The summed E-state index contributed by atoms with van der Waals surface area (Å²) in [6, 6.07) is 34.2. The molecule has 4 aromatic carbocycles. The van der Waals surface area contributed by atoms with Gasteiger partial charge in [0.25, 0.3) is 0 Å².